The van der Waals surface area contributed by atoms with Gasteiger partial charge in [-0.25, -0.2) is 0 Å². The van der Waals surface area contributed by atoms with Gasteiger partial charge in [-0.05, 0) is 41.7 Å². The van der Waals surface area contributed by atoms with Crippen LogP contribution in [0.5, 0.6) is 0 Å². The van der Waals surface area contributed by atoms with Crippen LogP contribution in [0, 0.1) is 35.2 Å². The van der Waals surface area contributed by atoms with Crippen LogP contribution >= 0.6 is 0 Å². The maximum Gasteiger partial charge on any atom is 0.177 e. The quantitative estimate of drug-likeness (QED) is 0.481. The molecule has 23 heavy (non-hydrogen) atoms. The van der Waals surface area contributed by atoms with Gasteiger partial charge in [0, 0.05) is 11.3 Å². The highest BCUT2D eigenvalue weighted by molar-refractivity contribution is 5.90. The van der Waals surface area contributed by atoms with Gasteiger partial charge in [0.2, 0.25) is 0 Å². The molecule has 1 heteroatoms. The van der Waals surface area contributed by atoms with Crippen LogP contribution in [-0.2, 0) is 4.79 Å². The fraction of sp³-hybridized carbons (Fsp3) is 0.636. The molecule has 0 aromatic rings. The van der Waals surface area contributed by atoms with Crippen molar-refractivity contribution in [1.82, 2.24) is 0 Å². The Hall–Kier alpha value is -1.33. The van der Waals surface area contributed by atoms with Gasteiger partial charge in [0.15, 0.2) is 5.78 Å². The summed E-state index contributed by atoms with van der Waals surface area (Å²) in [6.07, 6.45) is 13.0. The van der Waals surface area contributed by atoms with Crippen molar-refractivity contribution in [2.75, 3.05) is 0 Å². The van der Waals surface area contributed by atoms with Gasteiger partial charge in [-0.3, -0.25) is 4.79 Å². The van der Waals surface area contributed by atoms with E-state index in [-0.39, 0.29) is 11.2 Å². The predicted molar refractivity (Wildman–Crippen MR) is 96.8 cm³/mol. The minimum absolute atomic E-state index is 0.0729. The summed E-state index contributed by atoms with van der Waals surface area (Å²) in [5.74, 6) is 2.19. The van der Waals surface area contributed by atoms with Crippen molar-refractivity contribution in [3.05, 3.63) is 41.2 Å². The number of allylic oxidation sites excluding steroid dienone is 5. The molecule has 0 amide bonds. The lowest BCUT2D eigenvalue weighted by Crippen LogP contribution is -2.29. The Morgan fingerprint density at radius 2 is 2.00 bits per heavy atom. The normalized spacial score (nSPS) is 30.3. The molecule has 0 heterocycles. The summed E-state index contributed by atoms with van der Waals surface area (Å²) in [5, 5.41) is 0. The lowest BCUT2D eigenvalue weighted by atomic mass is 9.65. The van der Waals surface area contributed by atoms with Crippen molar-refractivity contribution in [1.29, 1.82) is 0 Å². The van der Waals surface area contributed by atoms with Crippen LogP contribution in [-0.4, -0.2) is 5.78 Å². The van der Waals surface area contributed by atoms with Gasteiger partial charge in [0.25, 0.3) is 0 Å². The molecule has 0 saturated carbocycles. The molecule has 4 atom stereocenters. The SMILES string of the molecule is CCC1[C@H]2C(=C=[C]C(=O)C(C)(C)CC)C[C@@H](C)C=C2C=C[C@@H]1C. The standard InChI is InChI=1S/C22H31O/c1-7-19-16(4)9-10-17-13-15(3)14-18(21(17)19)11-12-20(23)22(5,6)8-2/h9-10,13,15-16,19,21H,7-8,14H2,1-6H3/t11?,15-,16-,19?,21+/m0/s1. The number of carbonyl (C=O) groups excluding carboxylic acids is 1. The number of fused-ring (bicyclic) bond motifs is 1. The van der Waals surface area contributed by atoms with Gasteiger partial charge < -0.3 is 0 Å². The zero-order chi connectivity index (χ0) is 17.2. The summed E-state index contributed by atoms with van der Waals surface area (Å²) in [4.78, 5) is 12.4. The molecule has 125 valence electrons. The van der Waals surface area contributed by atoms with E-state index >= 15 is 0 Å². The van der Waals surface area contributed by atoms with Crippen LogP contribution in [0.2, 0.25) is 0 Å². The largest absolute Gasteiger partial charge is 0.293 e. The zero-order valence-electron chi connectivity index (χ0n) is 15.6. The molecule has 0 bridgehead atoms. The molecular weight excluding hydrogens is 280 g/mol. The van der Waals surface area contributed by atoms with Crippen molar-refractivity contribution in [3.8, 4) is 0 Å². The average molecular weight is 311 g/mol. The highest BCUT2D eigenvalue weighted by Gasteiger charge is 2.35. The van der Waals surface area contributed by atoms with Crippen LogP contribution < -0.4 is 0 Å². The van der Waals surface area contributed by atoms with Crippen LogP contribution in [0.4, 0.5) is 0 Å². The Morgan fingerprint density at radius 1 is 1.30 bits per heavy atom. The Labute approximate surface area is 142 Å². The lowest BCUT2D eigenvalue weighted by molar-refractivity contribution is -0.122. The molecular formula is C22H31O. The topological polar surface area (TPSA) is 17.1 Å². The van der Waals surface area contributed by atoms with Crippen LogP contribution in [0.1, 0.15) is 60.8 Å². The monoisotopic (exact) mass is 311 g/mol. The van der Waals surface area contributed by atoms with Crippen LogP contribution in [0.15, 0.2) is 35.1 Å². The molecule has 0 aliphatic heterocycles. The fourth-order valence-electron chi connectivity index (χ4n) is 3.74. The molecule has 0 fully saturated rings. The molecule has 1 nitrogen and oxygen atoms in total. The molecule has 0 aromatic carbocycles. The highest BCUT2D eigenvalue weighted by Crippen LogP contribution is 2.45. The van der Waals surface area contributed by atoms with Gasteiger partial charge in [-0.15, -0.1) is 5.73 Å². The van der Waals surface area contributed by atoms with Gasteiger partial charge in [0.1, 0.15) is 0 Å². The summed E-state index contributed by atoms with van der Waals surface area (Å²) in [6.45, 7) is 12.8. The minimum atomic E-state index is -0.337. The second-order valence-corrected chi connectivity index (χ2v) is 7.96. The number of carbonyl (C=O) groups is 1. The second kappa shape index (κ2) is 7.05. The first-order chi connectivity index (χ1) is 10.8. The summed E-state index contributed by atoms with van der Waals surface area (Å²) in [6, 6.07) is 0. The van der Waals surface area contributed by atoms with E-state index in [1.54, 1.807) is 0 Å². The Balaban J connectivity index is 2.41. The van der Waals surface area contributed by atoms with E-state index in [9.17, 15) is 4.79 Å². The van der Waals surface area contributed by atoms with E-state index in [1.807, 2.05) is 13.8 Å². The van der Waals surface area contributed by atoms with E-state index < -0.39 is 0 Å². The van der Waals surface area contributed by atoms with E-state index in [4.69, 9.17) is 0 Å². The summed E-state index contributed by atoms with van der Waals surface area (Å²) < 4.78 is 0. The molecule has 0 saturated heterocycles. The van der Waals surface area contributed by atoms with E-state index in [0.29, 0.717) is 23.7 Å². The number of ketones is 1. The first kappa shape index (κ1) is 18.0. The Bertz CT molecular complexity index is 581. The predicted octanol–water partition coefficient (Wildman–Crippen LogP) is 5.69. The van der Waals surface area contributed by atoms with Crippen molar-refractivity contribution < 1.29 is 4.79 Å². The summed E-state index contributed by atoms with van der Waals surface area (Å²) in [7, 11) is 0. The molecule has 1 unspecified atom stereocenters. The molecule has 2 aliphatic rings. The molecule has 0 N–H and O–H groups in total. The Morgan fingerprint density at radius 3 is 2.61 bits per heavy atom. The third-order valence-electron chi connectivity index (χ3n) is 5.76. The molecule has 2 rings (SSSR count). The lowest BCUT2D eigenvalue weighted by Gasteiger charge is -2.39. The second-order valence-electron chi connectivity index (χ2n) is 7.96. The maximum absolute atomic E-state index is 12.4. The van der Waals surface area contributed by atoms with E-state index in [1.165, 1.54) is 11.1 Å². The number of Topliss-reactive ketones (excluding diaryl/α,β-unsaturated/α-hetero) is 1. The van der Waals surface area contributed by atoms with Gasteiger partial charge in [-0.2, -0.15) is 0 Å². The number of rotatable bonds is 4. The minimum Gasteiger partial charge on any atom is -0.293 e. The zero-order valence-corrected chi connectivity index (χ0v) is 15.6. The van der Waals surface area contributed by atoms with Crippen molar-refractivity contribution in [3.63, 3.8) is 0 Å². The van der Waals surface area contributed by atoms with Crippen LogP contribution in [0.25, 0.3) is 0 Å². The van der Waals surface area contributed by atoms with Crippen molar-refractivity contribution in [2.45, 2.75) is 60.8 Å². The van der Waals surface area contributed by atoms with Gasteiger partial charge in [0.05, 0.1) is 6.08 Å². The average Bonchev–Trinajstić information content (AvgIpc) is 2.52. The Kier molecular flexibility index (Phi) is 5.53. The van der Waals surface area contributed by atoms with E-state index in [2.05, 4.69) is 57.7 Å². The third-order valence-corrected chi connectivity index (χ3v) is 5.76. The molecule has 0 aromatic heterocycles. The van der Waals surface area contributed by atoms with Crippen molar-refractivity contribution in [2.24, 2.45) is 29.1 Å². The highest BCUT2D eigenvalue weighted by atomic mass is 16.1. The maximum atomic E-state index is 12.4. The molecule has 0 spiro atoms. The molecule has 1 radical (unpaired) electrons. The number of hydrogen-bond acceptors (Lipinski definition) is 1. The van der Waals surface area contributed by atoms with Crippen LogP contribution in [0.3, 0.4) is 0 Å². The van der Waals surface area contributed by atoms with E-state index in [0.717, 1.165) is 19.3 Å². The third kappa shape index (κ3) is 3.78. The summed E-state index contributed by atoms with van der Waals surface area (Å²) >= 11 is 0. The first-order valence-electron chi connectivity index (χ1n) is 9.12. The van der Waals surface area contributed by atoms with Crippen molar-refractivity contribution >= 4 is 5.78 Å². The van der Waals surface area contributed by atoms with Gasteiger partial charge in [-0.1, -0.05) is 66.2 Å². The number of hydrogen-bond donors (Lipinski definition) is 0. The molecule has 2 aliphatic carbocycles. The smallest absolute Gasteiger partial charge is 0.177 e. The summed E-state index contributed by atoms with van der Waals surface area (Å²) in [5.41, 5.74) is 5.67. The fourth-order valence-corrected chi connectivity index (χ4v) is 3.74. The first-order valence-corrected chi connectivity index (χ1v) is 9.12. The van der Waals surface area contributed by atoms with Gasteiger partial charge >= 0.3 is 0 Å².